The molecule has 1 atom stereocenters. The summed E-state index contributed by atoms with van der Waals surface area (Å²) in [6, 6.07) is 17.3. The van der Waals surface area contributed by atoms with E-state index in [4.69, 9.17) is 13.9 Å². The van der Waals surface area contributed by atoms with Crippen molar-refractivity contribution in [1.82, 2.24) is 5.32 Å². The van der Waals surface area contributed by atoms with Crippen LogP contribution in [0.3, 0.4) is 0 Å². The van der Waals surface area contributed by atoms with Gasteiger partial charge in [0.25, 0.3) is 5.91 Å². The van der Waals surface area contributed by atoms with Gasteiger partial charge in [-0.15, -0.1) is 0 Å². The molecule has 0 saturated heterocycles. The van der Waals surface area contributed by atoms with Gasteiger partial charge in [-0.25, -0.2) is 0 Å². The van der Waals surface area contributed by atoms with E-state index in [-0.39, 0.29) is 17.7 Å². The molecule has 1 aromatic heterocycles. The molecule has 2 amide bonds. The fourth-order valence-electron chi connectivity index (χ4n) is 3.73. The lowest BCUT2D eigenvalue weighted by atomic mass is 10.0. The summed E-state index contributed by atoms with van der Waals surface area (Å²) in [6.07, 6.45) is 0. The summed E-state index contributed by atoms with van der Waals surface area (Å²) in [5, 5.41) is 7.59. The van der Waals surface area contributed by atoms with Crippen molar-refractivity contribution in [3.05, 3.63) is 66.2 Å². The molecule has 0 aliphatic heterocycles. The molecule has 170 valence electrons. The number of benzene rings is 3. The average molecular weight is 447 g/mol. The Balaban J connectivity index is 1.58. The van der Waals surface area contributed by atoms with Crippen LogP contribution in [0.5, 0.6) is 11.5 Å². The van der Waals surface area contributed by atoms with Crippen LogP contribution in [0, 0.1) is 5.92 Å². The second-order valence-corrected chi connectivity index (χ2v) is 8.06. The van der Waals surface area contributed by atoms with Crippen LogP contribution >= 0.6 is 0 Å². The molecule has 0 radical (unpaired) electrons. The number of hydrogen-bond donors (Lipinski definition) is 2. The zero-order valence-corrected chi connectivity index (χ0v) is 19.0. The van der Waals surface area contributed by atoms with Crippen LogP contribution in [0.25, 0.3) is 21.9 Å². The molecular weight excluding hydrogens is 420 g/mol. The number of carbonyl (C=O) groups is 2. The number of para-hydroxylation sites is 1. The molecule has 7 heteroatoms. The minimum atomic E-state index is -0.754. The first-order valence-electron chi connectivity index (χ1n) is 10.7. The third-order valence-corrected chi connectivity index (χ3v) is 5.54. The Morgan fingerprint density at radius 2 is 1.61 bits per heavy atom. The number of nitrogens with one attached hydrogen (secondary N) is 2. The summed E-state index contributed by atoms with van der Waals surface area (Å²) >= 11 is 0. The Kier molecular flexibility index (Phi) is 6.22. The number of fused-ring (bicyclic) bond motifs is 3. The van der Waals surface area contributed by atoms with E-state index in [9.17, 15) is 9.59 Å². The molecule has 0 fully saturated rings. The molecule has 0 spiro atoms. The van der Waals surface area contributed by atoms with Crippen LogP contribution in [-0.2, 0) is 4.79 Å². The topological polar surface area (TPSA) is 89.8 Å². The zero-order chi connectivity index (χ0) is 23.5. The summed E-state index contributed by atoms with van der Waals surface area (Å²) in [4.78, 5) is 25.9. The van der Waals surface area contributed by atoms with Gasteiger partial charge < -0.3 is 24.5 Å². The first-order chi connectivity index (χ1) is 15.9. The highest BCUT2D eigenvalue weighted by atomic mass is 16.5. The Bertz CT molecular complexity index is 1310. The molecule has 0 aliphatic carbocycles. The lowest BCUT2D eigenvalue weighted by Crippen LogP contribution is -2.47. The fourth-order valence-corrected chi connectivity index (χ4v) is 3.73. The first kappa shape index (κ1) is 22.2. The maximum Gasteiger partial charge on any atom is 0.251 e. The number of ether oxygens (including phenoxy) is 2. The summed E-state index contributed by atoms with van der Waals surface area (Å²) in [7, 11) is 3.11. The number of rotatable bonds is 7. The van der Waals surface area contributed by atoms with Gasteiger partial charge in [0.2, 0.25) is 5.91 Å². The van der Waals surface area contributed by atoms with Gasteiger partial charge in [0.15, 0.2) is 0 Å². The monoisotopic (exact) mass is 446 g/mol. The molecule has 0 unspecified atom stereocenters. The molecule has 0 aliphatic rings. The van der Waals surface area contributed by atoms with Crippen LogP contribution in [-0.4, -0.2) is 32.1 Å². The molecule has 4 rings (SSSR count). The molecule has 3 aromatic carbocycles. The highest BCUT2D eigenvalue weighted by Crippen LogP contribution is 2.36. The van der Waals surface area contributed by atoms with Gasteiger partial charge in [0, 0.05) is 22.4 Å². The standard InChI is InChI=1S/C26H26N2O5/c1-15(2)24(28-25(29)16-9-11-17(31-3)12-10-16)26(30)27-20-14-22-19(13-23(20)32-4)18-7-5-6-8-21(18)33-22/h5-15,24H,1-4H3,(H,27,30)(H,28,29)/t24-/m0/s1. The highest BCUT2D eigenvalue weighted by Gasteiger charge is 2.26. The molecular formula is C26H26N2O5. The van der Waals surface area contributed by atoms with E-state index >= 15 is 0 Å². The smallest absolute Gasteiger partial charge is 0.251 e. The molecule has 0 saturated carbocycles. The maximum absolute atomic E-state index is 13.2. The van der Waals surface area contributed by atoms with Crippen molar-refractivity contribution in [1.29, 1.82) is 0 Å². The van der Waals surface area contributed by atoms with Gasteiger partial charge in [-0.3, -0.25) is 9.59 Å². The lowest BCUT2D eigenvalue weighted by molar-refractivity contribution is -0.118. The third kappa shape index (κ3) is 4.48. The van der Waals surface area contributed by atoms with E-state index in [1.165, 1.54) is 0 Å². The Hall–Kier alpha value is -4.00. The largest absolute Gasteiger partial charge is 0.497 e. The maximum atomic E-state index is 13.2. The lowest BCUT2D eigenvalue weighted by Gasteiger charge is -2.22. The fraction of sp³-hybridized carbons (Fsp3) is 0.231. The van der Waals surface area contributed by atoms with Crippen molar-refractivity contribution < 1.29 is 23.5 Å². The zero-order valence-electron chi connectivity index (χ0n) is 19.0. The van der Waals surface area contributed by atoms with Crippen molar-refractivity contribution in [2.75, 3.05) is 19.5 Å². The van der Waals surface area contributed by atoms with Crippen molar-refractivity contribution in [3.63, 3.8) is 0 Å². The van der Waals surface area contributed by atoms with E-state index in [1.807, 2.05) is 44.2 Å². The van der Waals surface area contributed by atoms with Crippen LogP contribution in [0.2, 0.25) is 0 Å². The predicted octanol–water partition coefficient (Wildman–Crippen LogP) is 5.00. The molecule has 1 heterocycles. The summed E-state index contributed by atoms with van der Waals surface area (Å²) in [6.45, 7) is 3.75. The number of furan rings is 1. The number of amides is 2. The number of methoxy groups -OCH3 is 2. The van der Waals surface area contributed by atoms with Crippen molar-refractivity contribution >= 4 is 39.4 Å². The molecule has 0 bridgehead atoms. The predicted molar refractivity (Wildman–Crippen MR) is 128 cm³/mol. The van der Waals surface area contributed by atoms with E-state index < -0.39 is 6.04 Å². The van der Waals surface area contributed by atoms with Crippen molar-refractivity contribution in [3.8, 4) is 11.5 Å². The van der Waals surface area contributed by atoms with Crippen LogP contribution in [0.4, 0.5) is 5.69 Å². The van der Waals surface area contributed by atoms with Gasteiger partial charge in [-0.1, -0.05) is 32.0 Å². The molecule has 33 heavy (non-hydrogen) atoms. The van der Waals surface area contributed by atoms with Crippen LogP contribution < -0.4 is 20.1 Å². The van der Waals surface area contributed by atoms with E-state index in [1.54, 1.807) is 44.6 Å². The van der Waals surface area contributed by atoms with Gasteiger partial charge in [-0.2, -0.15) is 0 Å². The normalized spacial score (nSPS) is 12.0. The summed E-state index contributed by atoms with van der Waals surface area (Å²) < 4.78 is 16.6. The number of carbonyl (C=O) groups excluding carboxylic acids is 2. The van der Waals surface area contributed by atoms with Crippen LogP contribution in [0.1, 0.15) is 24.2 Å². The SMILES string of the molecule is COc1ccc(C(=O)N[C@H](C(=O)Nc2cc3oc4ccccc4c3cc2OC)C(C)C)cc1. The van der Waals surface area contributed by atoms with Crippen molar-refractivity contribution in [2.24, 2.45) is 5.92 Å². The third-order valence-electron chi connectivity index (χ3n) is 5.54. The highest BCUT2D eigenvalue weighted by molar-refractivity contribution is 6.08. The van der Waals surface area contributed by atoms with Gasteiger partial charge in [-0.05, 0) is 42.3 Å². The van der Waals surface area contributed by atoms with Crippen LogP contribution in [0.15, 0.2) is 65.1 Å². The Labute approximate surface area is 191 Å². The summed E-state index contributed by atoms with van der Waals surface area (Å²) in [5.41, 5.74) is 2.30. The quantitative estimate of drug-likeness (QED) is 0.417. The molecule has 2 N–H and O–H groups in total. The Morgan fingerprint density at radius 1 is 0.879 bits per heavy atom. The van der Waals surface area contributed by atoms with E-state index in [0.29, 0.717) is 28.3 Å². The minimum Gasteiger partial charge on any atom is -0.497 e. The van der Waals surface area contributed by atoms with Gasteiger partial charge >= 0.3 is 0 Å². The summed E-state index contributed by atoms with van der Waals surface area (Å²) in [5.74, 6) is 0.323. The van der Waals surface area contributed by atoms with E-state index in [0.717, 1.165) is 16.4 Å². The Morgan fingerprint density at radius 3 is 2.27 bits per heavy atom. The second kappa shape index (κ2) is 9.24. The van der Waals surface area contributed by atoms with E-state index in [2.05, 4.69) is 10.6 Å². The minimum absolute atomic E-state index is 0.145. The van der Waals surface area contributed by atoms with Gasteiger partial charge in [0.05, 0.1) is 19.9 Å². The van der Waals surface area contributed by atoms with Crippen molar-refractivity contribution in [2.45, 2.75) is 19.9 Å². The number of anilines is 1. The average Bonchev–Trinajstić information content (AvgIpc) is 3.18. The van der Waals surface area contributed by atoms with Gasteiger partial charge in [0.1, 0.15) is 28.7 Å². The molecule has 7 nitrogen and oxygen atoms in total. The first-order valence-corrected chi connectivity index (χ1v) is 10.7. The second-order valence-electron chi connectivity index (χ2n) is 8.06. The molecule has 4 aromatic rings. The number of hydrogen-bond acceptors (Lipinski definition) is 5.